The second kappa shape index (κ2) is 4.92. The van der Waals surface area contributed by atoms with Gasteiger partial charge in [-0.15, -0.1) is 0 Å². The van der Waals surface area contributed by atoms with E-state index in [0.717, 1.165) is 22.4 Å². The standard InChI is InChI=1S/C28H14N2/c1-2-10-23-22(9-1)29-27-20-13-11-18-16-7-3-5-15-6-4-8-17(24(15)16)19-12-14-21(28(27)30-23)26(20)25(18)19/h1-14H. The fraction of sp³-hybridized carbons (Fsp3) is 0. The molecule has 7 aromatic rings. The molecule has 8 rings (SSSR count). The van der Waals surface area contributed by atoms with Gasteiger partial charge in [-0.05, 0) is 49.8 Å². The Bertz CT molecular complexity index is 1720. The van der Waals surface area contributed by atoms with E-state index in [1.54, 1.807) is 0 Å². The van der Waals surface area contributed by atoms with E-state index in [0.29, 0.717) is 0 Å². The van der Waals surface area contributed by atoms with Crippen LogP contribution in [0, 0.1) is 0 Å². The average molecular weight is 378 g/mol. The van der Waals surface area contributed by atoms with Crippen LogP contribution in [0.15, 0.2) is 84.9 Å². The Morgan fingerprint density at radius 2 is 0.933 bits per heavy atom. The summed E-state index contributed by atoms with van der Waals surface area (Å²) in [6, 6.07) is 30.4. The molecule has 1 aliphatic rings. The minimum absolute atomic E-state index is 0.948. The SMILES string of the molecule is c1ccc2nc3c(nc2c1)-c1ccc2c4cccc5cccc(c6ccc-3c1c26)c54. The quantitative estimate of drug-likeness (QED) is 0.204. The summed E-state index contributed by atoms with van der Waals surface area (Å²) in [6.07, 6.45) is 0. The van der Waals surface area contributed by atoms with Crippen molar-refractivity contribution in [2.75, 3.05) is 0 Å². The molecule has 136 valence electrons. The molecule has 2 nitrogen and oxygen atoms in total. The second-order valence-electron chi connectivity index (χ2n) is 8.19. The number of rotatable bonds is 0. The van der Waals surface area contributed by atoms with Gasteiger partial charge in [-0.25, -0.2) is 9.97 Å². The molecule has 30 heavy (non-hydrogen) atoms. The van der Waals surface area contributed by atoms with Crippen LogP contribution < -0.4 is 0 Å². The van der Waals surface area contributed by atoms with Crippen molar-refractivity contribution in [1.29, 1.82) is 0 Å². The molecular weight excluding hydrogens is 364 g/mol. The lowest BCUT2D eigenvalue weighted by molar-refractivity contribution is 1.32. The number of nitrogens with zero attached hydrogens (tertiary/aromatic N) is 2. The first-order chi connectivity index (χ1) is 14.9. The lowest BCUT2D eigenvalue weighted by Crippen LogP contribution is -1.89. The molecule has 0 fully saturated rings. The zero-order chi connectivity index (χ0) is 19.4. The van der Waals surface area contributed by atoms with Crippen LogP contribution in [0.4, 0.5) is 0 Å². The zero-order valence-corrected chi connectivity index (χ0v) is 16.0. The Balaban J connectivity index is 1.65. The Labute approximate surface area is 171 Å². The minimum Gasteiger partial charge on any atom is -0.244 e. The van der Waals surface area contributed by atoms with Crippen LogP contribution in [0.25, 0.3) is 76.6 Å². The van der Waals surface area contributed by atoms with Crippen LogP contribution >= 0.6 is 0 Å². The fourth-order valence-corrected chi connectivity index (χ4v) is 5.50. The van der Waals surface area contributed by atoms with Crippen molar-refractivity contribution in [3.63, 3.8) is 0 Å². The largest absolute Gasteiger partial charge is 0.244 e. The van der Waals surface area contributed by atoms with E-state index in [1.165, 1.54) is 54.2 Å². The van der Waals surface area contributed by atoms with Gasteiger partial charge in [0.05, 0.1) is 22.4 Å². The highest BCUT2D eigenvalue weighted by molar-refractivity contribution is 6.36. The fourth-order valence-electron chi connectivity index (χ4n) is 5.50. The maximum Gasteiger partial charge on any atom is 0.0979 e. The van der Waals surface area contributed by atoms with Crippen LogP contribution in [0.1, 0.15) is 0 Å². The molecule has 0 unspecified atom stereocenters. The predicted molar refractivity (Wildman–Crippen MR) is 125 cm³/mol. The van der Waals surface area contributed by atoms with Crippen molar-refractivity contribution in [3.8, 4) is 22.5 Å². The van der Waals surface area contributed by atoms with E-state index in [-0.39, 0.29) is 0 Å². The lowest BCUT2D eigenvalue weighted by Gasteiger charge is -2.15. The minimum atomic E-state index is 0.948. The van der Waals surface area contributed by atoms with E-state index in [4.69, 9.17) is 9.97 Å². The van der Waals surface area contributed by atoms with Gasteiger partial charge in [-0.3, -0.25) is 0 Å². The average Bonchev–Trinajstić information content (AvgIpc) is 3.12. The summed E-state index contributed by atoms with van der Waals surface area (Å²) in [6.45, 7) is 0. The molecule has 0 amide bonds. The molecule has 0 spiro atoms. The molecule has 2 heteroatoms. The molecule has 1 aromatic heterocycles. The molecule has 1 heterocycles. The third kappa shape index (κ3) is 1.60. The Hall–Kier alpha value is -4.04. The summed E-state index contributed by atoms with van der Waals surface area (Å²) in [5.74, 6) is 0. The van der Waals surface area contributed by atoms with Gasteiger partial charge >= 0.3 is 0 Å². The van der Waals surface area contributed by atoms with Gasteiger partial charge < -0.3 is 0 Å². The van der Waals surface area contributed by atoms with Gasteiger partial charge in [0.2, 0.25) is 0 Å². The van der Waals surface area contributed by atoms with Crippen LogP contribution in [0.5, 0.6) is 0 Å². The van der Waals surface area contributed by atoms with Crippen molar-refractivity contribution in [2.24, 2.45) is 0 Å². The number of para-hydroxylation sites is 2. The van der Waals surface area contributed by atoms with Gasteiger partial charge in [0.15, 0.2) is 0 Å². The molecule has 0 aliphatic heterocycles. The number of aromatic nitrogens is 2. The Morgan fingerprint density at radius 3 is 1.50 bits per heavy atom. The first-order valence-corrected chi connectivity index (χ1v) is 10.3. The highest BCUT2D eigenvalue weighted by Gasteiger charge is 2.27. The summed E-state index contributed by atoms with van der Waals surface area (Å²) in [7, 11) is 0. The highest BCUT2D eigenvalue weighted by atomic mass is 14.8. The molecule has 0 N–H and O–H groups in total. The van der Waals surface area contributed by atoms with Gasteiger partial charge in [0.1, 0.15) is 0 Å². The molecular formula is C28H14N2. The molecule has 0 atom stereocenters. The van der Waals surface area contributed by atoms with Crippen LogP contribution in [-0.4, -0.2) is 9.97 Å². The van der Waals surface area contributed by atoms with Crippen LogP contribution in [0.3, 0.4) is 0 Å². The third-order valence-corrected chi connectivity index (χ3v) is 6.73. The van der Waals surface area contributed by atoms with Crippen molar-refractivity contribution in [2.45, 2.75) is 0 Å². The van der Waals surface area contributed by atoms with Gasteiger partial charge in [0, 0.05) is 16.5 Å². The smallest absolute Gasteiger partial charge is 0.0979 e. The van der Waals surface area contributed by atoms with Gasteiger partial charge in [-0.2, -0.15) is 0 Å². The topological polar surface area (TPSA) is 25.8 Å². The van der Waals surface area contributed by atoms with Crippen molar-refractivity contribution < 1.29 is 0 Å². The first-order valence-electron chi connectivity index (χ1n) is 10.3. The molecule has 6 aromatic carbocycles. The summed E-state index contributed by atoms with van der Waals surface area (Å²) in [4.78, 5) is 10.0. The summed E-state index contributed by atoms with van der Waals surface area (Å²) in [5, 5.41) is 10.5. The Morgan fingerprint density at radius 1 is 0.400 bits per heavy atom. The number of benzene rings is 6. The number of hydrogen-bond donors (Lipinski definition) is 0. The van der Waals surface area contributed by atoms with E-state index in [1.807, 2.05) is 24.3 Å². The summed E-state index contributed by atoms with van der Waals surface area (Å²) in [5.41, 5.74) is 6.30. The van der Waals surface area contributed by atoms with E-state index in [2.05, 4.69) is 60.7 Å². The number of fused-ring (bicyclic) bond motifs is 6. The third-order valence-electron chi connectivity index (χ3n) is 6.73. The maximum absolute atomic E-state index is 5.02. The maximum atomic E-state index is 5.02. The summed E-state index contributed by atoms with van der Waals surface area (Å²) >= 11 is 0. The normalized spacial score (nSPS) is 12.7. The van der Waals surface area contributed by atoms with Crippen molar-refractivity contribution >= 4 is 54.1 Å². The second-order valence-corrected chi connectivity index (χ2v) is 8.19. The molecule has 1 aliphatic carbocycles. The van der Waals surface area contributed by atoms with Gasteiger partial charge in [-0.1, -0.05) is 72.8 Å². The molecule has 0 saturated carbocycles. The van der Waals surface area contributed by atoms with E-state index in [9.17, 15) is 0 Å². The van der Waals surface area contributed by atoms with Gasteiger partial charge in [0.25, 0.3) is 0 Å². The zero-order valence-electron chi connectivity index (χ0n) is 16.0. The van der Waals surface area contributed by atoms with Crippen molar-refractivity contribution in [1.82, 2.24) is 9.97 Å². The molecule has 0 saturated heterocycles. The van der Waals surface area contributed by atoms with Crippen LogP contribution in [-0.2, 0) is 0 Å². The lowest BCUT2D eigenvalue weighted by atomic mass is 9.88. The van der Waals surface area contributed by atoms with Crippen LogP contribution in [0.2, 0.25) is 0 Å². The highest BCUT2D eigenvalue weighted by Crippen LogP contribution is 2.51. The van der Waals surface area contributed by atoms with Crippen molar-refractivity contribution in [3.05, 3.63) is 84.9 Å². The predicted octanol–water partition coefficient (Wildman–Crippen LogP) is 7.33. The first kappa shape index (κ1) is 14.9. The Kier molecular flexibility index (Phi) is 2.44. The number of hydrogen-bond acceptors (Lipinski definition) is 2. The molecule has 0 radical (unpaired) electrons. The molecule has 0 bridgehead atoms. The monoisotopic (exact) mass is 378 g/mol. The summed E-state index contributed by atoms with van der Waals surface area (Å²) < 4.78 is 0. The van der Waals surface area contributed by atoms with E-state index < -0.39 is 0 Å². The van der Waals surface area contributed by atoms with E-state index >= 15 is 0 Å².